The van der Waals surface area contributed by atoms with Crippen LogP contribution in [-0.4, -0.2) is 11.1 Å². The lowest BCUT2D eigenvalue weighted by atomic mass is 9.91. The van der Waals surface area contributed by atoms with Crippen LogP contribution in [0.5, 0.6) is 11.5 Å². The molecule has 3 heteroatoms. The molecular weight excluding hydrogens is 420 g/mol. The summed E-state index contributed by atoms with van der Waals surface area (Å²) in [5, 5.41) is 10.7. The van der Waals surface area contributed by atoms with Crippen molar-refractivity contribution in [3.8, 4) is 11.5 Å². The Morgan fingerprint density at radius 1 is 0.824 bits per heavy atom. The largest absolute Gasteiger partial charge is 0.507 e. The average Bonchev–Trinajstić information content (AvgIpc) is 2.75. The smallest absolute Gasteiger partial charge is 0.308 e. The normalized spacial score (nSPS) is 13.9. The van der Waals surface area contributed by atoms with Gasteiger partial charge in [0.15, 0.2) is 0 Å². The molecule has 0 aliphatic heterocycles. The zero-order valence-electron chi connectivity index (χ0n) is 23.6. The van der Waals surface area contributed by atoms with E-state index in [-0.39, 0.29) is 5.97 Å². The van der Waals surface area contributed by atoms with E-state index in [9.17, 15) is 9.90 Å². The monoisotopic (exact) mass is 472 g/mol. The van der Waals surface area contributed by atoms with E-state index in [1.807, 2.05) is 20.8 Å². The number of rotatable bonds is 15. The highest BCUT2D eigenvalue weighted by Gasteiger charge is 2.18. The van der Waals surface area contributed by atoms with Gasteiger partial charge < -0.3 is 9.84 Å². The Morgan fingerprint density at radius 2 is 1.35 bits per heavy atom. The topological polar surface area (TPSA) is 46.5 Å². The lowest BCUT2D eigenvalue weighted by Gasteiger charge is -2.18. The first kappa shape index (κ1) is 30.3. The van der Waals surface area contributed by atoms with E-state index >= 15 is 0 Å². The Hall–Kier alpha value is -1.77. The van der Waals surface area contributed by atoms with Gasteiger partial charge in [0, 0.05) is 12.5 Å². The second-order valence-corrected chi connectivity index (χ2v) is 11.2. The van der Waals surface area contributed by atoms with Crippen molar-refractivity contribution in [1.29, 1.82) is 0 Å². The number of carbonyl (C=O) groups excluding carboxylic acids is 1. The fraction of sp³-hybridized carbons (Fsp3) is 0.710. The first-order valence-corrected chi connectivity index (χ1v) is 13.6. The lowest BCUT2D eigenvalue weighted by molar-refractivity contribution is -0.131. The highest BCUT2D eigenvalue weighted by atomic mass is 16.5. The number of hydrogen-bond donors (Lipinski definition) is 1. The van der Waals surface area contributed by atoms with E-state index in [0.29, 0.717) is 17.9 Å². The van der Waals surface area contributed by atoms with Crippen LogP contribution < -0.4 is 4.74 Å². The maximum absolute atomic E-state index is 11.5. The first-order valence-electron chi connectivity index (χ1n) is 13.6. The van der Waals surface area contributed by atoms with Crippen LogP contribution >= 0.6 is 0 Å². The van der Waals surface area contributed by atoms with Crippen LogP contribution in [0.4, 0.5) is 0 Å². The second-order valence-electron chi connectivity index (χ2n) is 11.2. The molecule has 0 aliphatic rings. The molecule has 194 valence electrons. The Balaban J connectivity index is 2.49. The fourth-order valence-electron chi connectivity index (χ4n) is 4.80. The molecule has 3 nitrogen and oxygen atoms in total. The summed E-state index contributed by atoms with van der Waals surface area (Å²) in [7, 11) is 0. The number of ether oxygens (including phenoxy) is 1. The molecule has 1 aromatic carbocycles. The summed E-state index contributed by atoms with van der Waals surface area (Å²) in [6.45, 7) is 18.8. The van der Waals surface area contributed by atoms with Crippen LogP contribution in [0.2, 0.25) is 0 Å². The number of esters is 1. The lowest BCUT2D eigenvalue weighted by Crippen LogP contribution is -2.07. The van der Waals surface area contributed by atoms with Crippen LogP contribution in [0.15, 0.2) is 11.6 Å². The van der Waals surface area contributed by atoms with Crippen molar-refractivity contribution in [2.75, 3.05) is 0 Å². The van der Waals surface area contributed by atoms with Crippen molar-refractivity contribution in [3.05, 3.63) is 33.9 Å². The van der Waals surface area contributed by atoms with Gasteiger partial charge in [-0.25, -0.2) is 0 Å². The SMILES string of the molecule is CC(=O)Oc1c(C)c(C)c(O)c(C/C=C(/C)CCCC(C)CCCC(C)CCCC(C)C)c1C. The Labute approximate surface area is 210 Å². The minimum Gasteiger partial charge on any atom is -0.507 e. The van der Waals surface area contributed by atoms with Crippen molar-refractivity contribution >= 4 is 5.97 Å². The third-order valence-electron chi connectivity index (χ3n) is 7.38. The molecule has 0 heterocycles. The third-order valence-corrected chi connectivity index (χ3v) is 7.38. The van der Waals surface area contributed by atoms with Crippen LogP contribution in [0.25, 0.3) is 0 Å². The summed E-state index contributed by atoms with van der Waals surface area (Å²) in [5.74, 6) is 3.06. The second kappa shape index (κ2) is 15.3. The van der Waals surface area contributed by atoms with Gasteiger partial charge in [0.05, 0.1) is 0 Å². The van der Waals surface area contributed by atoms with E-state index in [4.69, 9.17) is 4.74 Å². The zero-order valence-corrected chi connectivity index (χ0v) is 23.6. The standard InChI is InChI=1S/C31H52O3/c1-21(2)13-10-14-22(3)15-11-16-23(4)17-12-18-24(5)19-20-29-27(8)31(34-28(9)32)26(7)25(6)30(29)33/h19,21-23,33H,10-18,20H2,1-9H3/b24-19-. The summed E-state index contributed by atoms with van der Waals surface area (Å²) in [4.78, 5) is 11.5. The predicted molar refractivity (Wildman–Crippen MR) is 146 cm³/mol. The number of carbonyl (C=O) groups is 1. The maximum atomic E-state index is 11.5. The number of aromatic hydroxyl groups is 1. The molecule has 2 atom stereocenters. The van der Waals surface area contributed by atoms with Crippen LogP contribution in [0.3, 0.4) is 0 Å². The van der Waals surface area contributed by atoms with E-state index in [0.717, 1.165) is 46.4 Å². The molecule has 0 radical (unpaired) electrons. The molecule has 34 heavy (non-hydrogen) atoms. The van der Waals surface area contributed by atoms with E-state index in [1.165, 1.54) is 63.9 Å². The van der Waals surface area contributed by atoms with Gasteiger partial charge in [-0.3, -0.25) is 4.79 Å². The van der Waals surface area contributed by atoms with Crippen molar-refractivity contribution in [3.63, 3.8) is 0 Å². The molecule has 0 bridgehead atoms. The van der Waals surface area contributed by atoms with Gasteiger partial charge in [-0.15, -0.1) is 0 Å². The summed E-state index contributed by atoms with van der Waals surface area (Å²) < 4.78 is 5.46. The molecule has 0 spiro atoms. The minimum absolute atomic E-state index is 0.321. The summed E-state index contributed by atoms with van der Waals surface area (Å²) >= 11 is 0. The van der Waals surface area contributed by atoms with Gasteiger partial charge in [0.1, 0.15) is 11.5 Å². The van der Waals surface area contributed by atoms with E-state index in [1.54, 1.807) is 0 Å². The van der Waals surface area contributed by atoms with Crippen LogP contribution in [0, 0.1) is 38.5 Å². The van der Waals surface area contributed by atoms with Gasteiger partial charge in [-0.1, -0.05) is 84.3 Å². The van der Waals surface area contributed by atoms with Gasteiger partial charge in [0.25, 0.3) is 0 Å². The van der Waals surface area contributed by atoms with E-state index < -0.39 is 0 Å². The molecular formula is C31H52O3. The number of allylic oxidation sites excluding steroid dienone is 2. The quantitative estimate of drug-likeness (QED) is 0.157. The Bertz CT molecular complexity index is 804. The molecule has 2 unspecified atom stereocenters. The van der Waals surface area contributed by atoms with Gasteiger partial charge in [-0.2, -0.15) is 0 Å². The summed E-state index contributed by atoms with van der Waals surface area (Å²) in [6.07, 6.45) is 14.7. The third kappa shape index (κ3) is 10.7. The van der Waals surface area contributed by atoms with Gasteiger partial charge in [0.2, 0.25) is 0 Å². The Kier molecular flexibility index (Phi) is 13.6. The zero-order chi connectivity index (χ0) is 25.8. The number of benzene rings is 1. The maximum Gasteiger partial charge on any atom is 0.308 e. The highest BCUT2D eigenvalue weighted by molar-refractivity contribution is 5.72. The number of hydrogen-bond acceptors (Lipinski definition) is 3. The van der Waals surface area contributed by atoms with Crippen molar-refractivity contribution < 1.29 is 14.6 Å². The van der Waals surface area contributed by atoms with E-state index in [2.05, 4.69) is 40.7 Å². The fourth-order valence-corrected chi connectivity index (χ4v) is 4.80. The van der Waals surface area contributed by atoms with Crippen LogP contribution in [0.1, 0.15) is 122 Å². The first-order chi connectivity index (χ1) is 15.9. The molecule has 1 rings (SSSR count). The molecule has 0 amide bonds. The molecule has 1 aromatic rings. The molecule has 1 N–H and O–H groups in total. The Morgan fingerprint density at radius 3 is 1.88 bits per heavy atom. The minimum atomic E-state index is -0.330. The molecule has 0 aromatic heterocycles. The van der Waals surface area contributed by atoms with Gasteiger partial charge >= 0.3 is 5.97 Å². The summed E-state index contributed by atoms with van der Waals surface area (Å²) in [6, 6.07) is 0. The molecule has 0 fully saturated rings. The van der Waals surface area contributed by atoms with Crippen molar-refractivity contribution in [1.82, 2.24) is 0 Å². The van der Waals surface area contributed by atoms with Crippen molar-refractivity contribution in [2.24, 2.45) is 17.8 Å². The number of phenolic OH excluding ortho intramolecular Hbond substituents is 1. The highest BCUT2D eigenvalue weighted by Crippen LogP contribution is 2.37. The average molecular weight is 473 g/mol. The van der Waals surface area contributed by atoms with Crippen LogP contribution in [-0.2, 0) is 11.2 Å². The molecule has 0 saturated carbocycles. The summed E-state index contributed by atoms with van der Waals surface area (Å²) in [5.41, 5.74) is 4.68. The molecule has 0 saturated heterocycles. The van der Waals surface area contributed by atoms with Gasteiger partial charge in [-0.05, 0) is 81.4 Å². The molecule has 0 aliphatic carbocycles. The number of phenols is 1. The predicted octanol–water partition coefficient (Wildman–Crippen LogP) is 9.17. The van der Waals surface area contributed by atoms with Crippen molar-refractivity contribution in [2.45, 2.75) is 127 Å².